The smallest absolute Gasteiger partial charge is 0.225 e. The van der Waals surface area contributed by atoms with Crippen molar-refractivity contribution in [1.29, 1.82) is 0 Å². The van der Waals surface area contributed by atoms with Crippen molar-refractivity contribution < 1.29 is 0 Å². The molecule has 0 unspecified atom stereocenters. The zero-order chi connectivity index (χ0) is 79.8. The van der Waals surface area contributed by atoms with Crippen LogP contribution >= 0.6 is 79.9 Å². The number of aromatic amines is 4. The van der Waals surface area contributed by atoms with Crippen molar-refractivity contribution in [2.45, 2.75) is 26.2 Å². The molecule has 0 aliphatic heterocycles. The lowest BCUT2D eigenvalue weighted by Crippen LogP contribution is -2.06. The number of hydrogen-bond acceptors (Lipinski definition) is 25. The molecule has 0 saturated heterocycles. The number of anilines is 12. The number of fused-ring (bicyclic) bond motifs is 9. The highest BCUT2D eigenvalue weighted by Crippen LogP contribution is 2.37. The number of halogens is 2. The predicted octanol–water partition coefficient (Wildman–Crippen LogP) is 23.9. The summed E-state index contributed by atoms with van der Waals surface area (Å²) in [6, 6.07) is 75.6. The third kappa shape index (κ3) is 17.6. The molecule has 22 aromatic rings. The Labute approximate surface area is 707 Å². The molecule has 582 valence electrons. The van der Waals surface area contributed by atoms with Gasteiger partial charge < -0.3 is 42.5 Å². The highest BCUT2D eigenvalue weighted by atomic mass is 35.5. The molecule has 0 saturated carbocycles. The van der Waals surface area contributed by atoms with Gasteiger partial charge in [-0.1, -0.05) is 120 Å². The van der Waals surface area contributed by atoms with Gasteiger partial charge in [0.1, 0.15) is 0 Å². The molecule has 0 bridgehead atoms. The van der Waals surface area contributed by atoms with Crippen LogP contribution in [0.25, 0.3) is 106 Å². The summed E-state index contributed by atoms with van der Waals surface area (Å²) in [5.41, 5.74) is 17.2. The van der Waals surface area contributed by atoms with Crippen LogP contribution in [0.2, 0.25) is 10.0 Å². The second-order valence-electron chi connectivity index (χ2n) is 27.3. The first-order valence-corrected chi connectivity index (χ1v) is 42.7. The Morgan fingerprint density at radius 2 is 0.681 bits per heavy atom. The highest BCUT2D eigenvalue weighted by Gasteiger charge is 2.17. The summed E-state index contributed by atoms with van der Waals surface area (Å²) in [4.78, 5) is 38.8. The van der Waals surface area contributed by atoms with Gasteiger partial charge in [0.25, 0.3) is 0 Å². The fraction of sp³-hybridized carbons (Fsp3) is 0.0455. The first kappa shape index (κ1) is 75.0. The van der Waals surface area contributed by atoms with Gasteiger partial charge in [0.2, 0.25) is 23.8 Å². The Hall–Kier alpha value is -14.0. The van der Waals surface area contributed by atoms with Crippen molar-refractivity contribution in [2.75, 3.05) is 42.5 Å². The Morgan fingerprint density at radius 1 is 0.286 bits per heavy atom. The van der Waals surface area contributed by atoms with Gasteiger partial charge in [-0.15, -0.1) is 56.7 Å². The Balaban J connectivity index is 0.000000106. The molecule has 0 aliphatic carbocycles. The van der Waals surface area contributed by atoms with E-state index in [1.54, 1.807) is 68.9 Å². The maximum absolute atomic E-state index is 6.09. The number of hydrogen-bond donors (Lipinski definition) is 12. The summed E-state index contributed by atoms with van der Waals surface area (Å²) < 4.78 is 4.09. The van der Waals surface area contributed by atoms with Crippen molar-refractivity contribution in [3.8, 4) is 11.1 Å². The number of H-pyrrole nitrogens is 4. The molecule has 0 atom stereocenters. The van der Waals surface area contributed by atoms with Gasteiger partial charge in [0, 0.05) is 78.9 Å². The second-order valence-corrected chi connectivity index (χ2v) is 32.9. The van der Waals surface area contributed by atoms with E-state index >= 15 is 0 Å². The molecule has 13 heterocycles. The fourth-order valence-electron chi connectivity index (χ4n) is 13.5. The monoisotopic (exact) mass is 1690 g/mol. The molecule has 24 nitrogen and oxygen atoms in total. The van der Waals surface area contributed by atoms with Crippen molar-refractivity contribution in [2.24, 2.45) is 0 Å². The van der Waals surface area contributed by atoms with Gasteiger partial charge in [-0.3, -0.25) is 20.4 Å². The summed E-state index contributed by atoms with van der Waals surface area (Å²) >= 11 is 20.4. The molecule has 12 N–H and O–H groups in total. The van der Waals surface area contributed by atoms with Crippen LogP contribution in [0.3, 0.4) is 0 Å². The molecule has 0 amide bonds. The highest BCUT2D eigenvalue weighted by molar-refractivity contribution is 7.18. The number of nitrogens with zero attached hydrogens (tertiary/aromatic N) is 12. The van der Waals surface area contributed by atoms with Gasteiger partial charge in [0.05, 0.1) is 94.3 Å². The minimum atomic E-state index is 0.510. The van der Waals surface area contributed by atoms with E-state index in [1.165, 1.54) is 37.9 Å². The van der Waals surface area contributed by atoms with Crippen molar-refractivity contribution in [3.05, 3.63) is 308 Å². The fourth-order valence-corrected chi connectivity index (χ4v) is 17.8. The van der Waals surface area contributed by atoms with Gasteiger partial charge in [-0.2, -0.15) is 40.3 Å². The van der Waals surface area contributed by atoms with Crippen molar-refractivity contribution in [3.63, 3.8) is 0 Å². The number of nitrogens with one attached hydrogen (secondary N) is 12. The average molecular weight is 1690 g/mol. The maximum atomic E-state index is 6.09. The van der Waals surface area contributed by atoms with Crippen LogP contribution in [0.1, 0.15) is 21.6 Å². The molecule has 13 aromatic heterocycles. The lowest BCUT2D eigenvalue weighted by atomic mass is 10.0. The van der Waals surface area contributed by atoms with E-state index in [-0.39, 0.29) is 0 Å². The van der Waals surface area contributed by atoms with E-state index in [2.05, 4.69) is 219 Å². The van der Waals surface area contributed by atoms with Crippen LogP contribution in [0.15, 0.2) is 276 Å². The predicted molar refractivity (Wildman–Crippen MR) is 493 cm³/mol. The zero-order valence-electron chi connectivity index (χ0n) is 62.6. The summed E-state index contributed by atoms with van der Waals surface area (Å²) in [6.45, 7) is 2.51. The third-order valence-corrected chi connectivity index (χ3v) is 24.2. The van der Waals surface area contributed by atoms with Crippen molar-refractivity contribution >= 4 is 245 Å². The molecule has 9 aromatic carbocycles. The van der Waals surface area contributed by atoms with E-state index < -0.39 is 0 Å². The van der Waals surface area contributed by atoms with Gasteiger partial charge in [0.15, 0.2) is 23.3 Å². The van der Waals surface area contributed by atoms with Crippen LogP contribution in [-0.4, -0.2) is 80.7 Å². The van der Waals surface area contributed by atoms with Crippen molar-refractivity contribution in [1.82, 2.24) is 80.7 Å². The summed E-state index contributed by atoms with van der Waals surface area (Å²) in [6.07, 6.45) is 7.25. The van der Waals surface area contributed by atoms with Crippen LogP contribution in [0.5, 0.6) is 0 Å². The van der Waals surface area contributed by atoms with Crippen LogP contribution in [0.4, 0.5) is 69.8 Å². The van der Waals surface area contributed by atoms with Crippen LogP contribution < -0.4 is 42.5 Å². The summed E-state index contributed by atoms with van der Waals surface area (Å²) in [5.74, 6) is 5.49. The number of aromatic nitrogens is 16. The largest absolute Gasteiger partial charge is 0.350 e. The minimum absolute atomic E-state index is 0.510. The normalized spacial score (nSPS) is 11.2. The molecule has 0 radical (unpaired) electrons. The first-order chi connectivity index (χ1) is 58.6. The number of thiophene rings is 5. The van der Waals surface area contributed by atoms with E-state index in [9.17, 15) is 0 Å². The molecule has 0 aliphatic rings. The Kier molecular flexibility index (Phi) is 21.7. The van der Waals surface area contributed by atoms with Crippen LogP contribution in [-0.2, 0) is 26.2 Å². The van der Waals surface area contributed by atoms with E-state index in [0.29, 0.717) is 60.0 Å². The Morgan fingerprint density at radius 3 is 1.13 bits per heavy atom. The molecule has 119 heavy (non-hydrogen) atoms. The number of benzene rings is 9. The first-order valence-electron chi connectivity index (χ1n) is 37.5. The molecular formula is C88H66Cl2N24S5. The Bertz CT molecular complexity index is 7290. The molecule has 31 heteroatoms. The molecule has 22 rings (SSSR count). The second kappa shape index (κ2) is 34.4. The maximum Gasteiger partial charge on any atom is 0.225 e. The van der Waals surface area contributed by atoms with Gasteiger partial charge in [-0.05, 0) is 193 Å². The van der Waals surface area contributed by atoms with E-state index in [4.69, 9.17) is 48.1 Å². The standard InChI is InChI=1S/C26H20N6S.C24H18N6S.C20H14Cl2N6S.C18H14N6S2/c1-2-6-18(7-3-1)19-8-4-5-17(13-19)15-27-26-30-23-11-12-33-24(23)25(31-26)29-21-9-10-22-20(14-21)16-28-32-22;1-2-7-19-15(4-1)5-3-6-16(19)13-25-24-28-21-10-11-31-22(21)23(29-24)27-18-8-9-20-17(12-18)14-26-30-20;21-13-5-11(6-14(22)8-13)9-23-20-26-17-3-4-29-18(17)19(27-20)25-15-1-2-16-12(7-15)10-24-28-16;1-2-13(25-6-1)10-19-18-22-15-5-7-26-16(15)17(23-18)21-12-3-4-14-11(8-12)9-20-24-14/h1-14,16H,15H2,(H,28,32)(H2,27,29,30,31);1-12,14H,13H2,(H,26,30)(H2,25,27,28,29);1-8,10H,9H2,(H,24,28)(H2,23,25,26,27);1-9H,10H2,(H,20,24)(H2,19,21,22,23). The lowest BCUT2D eigenvalue weighted by Gasteiger charge is -2.11. The van der Waals surface area contributed by atoms with Gasteiger partial charge >= 0.3 is 0 Å². The summed E-state index contributed by atoms with van der Waals surface area (Å²) in [5, 5.41) is 73.4. The van der Waals surface area contributed by atoms with E-state index in [1.807, 2.05) is 143 Å². The zero-order valence-corrected chi connectivity index (χ0v) is 68.1. The SMILES string of the molecule is Clc1cc(Cl)cc(CNc2nc(Nc3ccc4[nH]ncc4c3)c3sccc3n2)c1.c1ccc(-c2cccc(CNc3nc(Nc4ccc5[nH]ncc5c4)c4sccc4n3)c2)cc1.c1ccc2c(CNc3nc(Nc4ccc5[nH]ncc5c4)c4sccc4n3)cccc2c1.c1csc(CNc2nc(Nc3ccc4[nH]ncc4c3)c3sccc3n2)c1. The minimum Gasteiger partial charge on any atom is -0.350 e. The van der Waals surface area contributed by atoms with Crippen LogP contribution in [0, 0.1) is 0 Å². The average Bonchev–Trinajstić information content (AvgIpc) is 1.16. The van der Waals surface area contributed by atoms with Gasteiger partial charge in [-0.25, -0.2) is 19.9 Å². The summed E-state index contributed by atoms with van der Waals surface area (Å²) in [7, 11) is 0. The third-order valence-electron chi connectivity index (χ3n) is 19.2. The molecule has 0 spiro atoms. The quantitative estimate of drug-likeness (QED) is 0.0318. The lowest BCUT2D eigenvalue weighted by molar-refractivity contribution is 1.07. The molecule has 0 fully saturated rings. The topological polar surface area (TPSA) is 314 Å². The number of rotatable bonds is 21. The van der Waals surface area contributed by atoms with E-state index in [0.717, 1.165) is 136 Å². The molecular weight excluding hydrogens is 1620 g/mol.